The highest BCUT2D eigenvalue weighted by Crippen LogP contribution is 2.57. The summed E-state index contributed by atoms with van der Waals surface area (Å²) in [4.78, 5) is 0. The highest BCUT2D eigenvalue weighted by molar-refractivity contribution is 7.77. The molecule has 0 bridgehead atoms. The zero-order valence-electron chi connectivity index (χ0n) is 23.0. The monoisotopic (exact) mass is 554 g/mol. The van der Waals surface area contributed by atoms with Gasteiger partial charge in [0, 0.05) is 5.92 Å². The molecule has 0 nitrogen and oxygen atoms in total. The Hall–Kier alpha value is -3.30. The van der Waals surface area contributed by atoms with Gasteiger partial charge in [-0.2, -0.15) is 0 Å². The average molecular weight is 555 g/mol. The molecule has 0 radical (unpaired) electrons. The second kappa shape index (κ2) is 12.9. The molecule has 2 aliphatic rings. The van der Waals surface area contributed by atoms with E-state index in [9.17, 15) is 0 Å². The molecule has 0 aromatic heterocycles. The fourth-order valence-electron chi connectivity index (χ4n) is 6.12. The van der Waals surface area contributed by atoms with Crippen molar-refractivity contribution in [2.45, 2.75) is 19.0 Å². The van der Waals surface area contributed by atoms with E-state index in [2.05, 4.69) is 171 Å². The molecule has 0 saturated carbocycles. The number of hydrogen-bond donors (Lipinski definition) is 0. The van der Waals surface area contributed by atoms with E-state index < -0.39 is 15.8 Å². The van der Waals surface area contributed by atoms with Gasteiger partial charge in [0.05, 0.1) is 0 Å². The molecule has 1 unspecified atom stereocenters. The first-order chi connectivity index (χ1) is 19.8. The van der Waals surface area contributed by atoms with Crippen molar-refractivity contribution in [1.82, 2.24) is 0 Å². The van der Waals surface area contributed by atoms with Gasteiger partial charge in [-0.25, -0.2) is 0 Å². The van der Waals surface area contributed by atoms with Crippen molar-refractivity contribution in [2.24, 2.45) is 17.8 Å². The van der Waals surface area contributed by atoms with Crippen LogP contribution in [0.1, 0.15) is 13.3 Å². The highest BCUT2D eigenvalue weighted by Gasteiger charge is 2.38. The lowest BCUT2D eigenvalue weighted by Crippen LogP contribution is -2.31. The van der Waals surface area contributed by atoms with Crippen molar-refractivity contribution in [3.05, 3.63) is 169 Å². The maximum absolute atomic E-state index is 2.52. The SMILES string of the molecule is C[C@H](C[C@H](C1C=CC=C1P(c1ccccc1)c1ccccc1)P(c1ccccc1)c1ccccc1)C1C=CC=C1. The van der Waals surface area contributed by atoms with E-state index in [0.717, 1.165) is 0 Å². The molecular formula is C38H36P2. The Morgan fingerprint density at radius 3 is 1.48 bits per heavy atom. The maximum atomic E-state index is 2.52. The first-order valence-electron chi connectivity index (χ1n) is 14.3. The maximum Gasteiger partial charge on any atom is 0.0105 e. The molecule has 0 saturated heterocycles. The molecule has 4 aromatic rings. The Morgan fingerprint density at radius 2 is 1.00 bits per heavy atom. The third-order valence-electron chi connectivity index (χ3n) is 8.08. The van der Waals surface area contributed by atoms with Gasteiger partial charge in [0.25, 0.3) is 0 Å². The Bertz CT molecular complexity index is 1400. The second-order valence-electron chi connectivity index (χ2n) is 10.7. The lowest BCUT2D eigenvalue weighted by molar-refractivity contribution is 0.438. The lowest BCUT2D eigenvalue weighted by Gasteiger charge is -2.38. The van der Waals surface area contributed by atoms with Crippen molar-refractivity contribution in [3.8, 4) is 0 Å². The standard InChI is InChI=1S/C38H36P2/c1-30(31-17-14-15-18-31)29-38(40(34-23-10-4-11-24-34)35-25-12-5-13-26-35)36-27-16-28-37(36)39(32-19-6-2-7-20-32)33-21-8-3-9-22-33/h2-28,30-31,36,38H,29H2,1H3/t30-,36?,38-/m1/s1. The van der Waals surface area contributed by atoms with Crippen molar-refractivity contribution in [2.75, 3.05) is 0 Å². The van der Waals surface area contributed by atoms with Gasteiger partial charge in [-0.1, -0.05) is 171 Å². The summed E-state index contributed by atoms with van der Waals surface area (Å²) in [6.45, 7) is 2.46. The first kappa shape index (κ1) is 26.9. The Morgan fingerprint density at radius 1 is 0.550 bits per heavy atom. The summed E-state index contributed by atoms with van der Waals surface area (Å²) in [7, 11) is -1.23. The van der Waals surface area contributed by atoms with Gasteiger partial charge in [0.15, 0.2) is 0 Å². The van der Waals surface area contributed by atoms with Gasteiger partial charge in [-0.05, 0) is 66.3 Å². The van der Waals surface area contributed by atoms with Gasteiger partial charge in [0.1, 0.15) is 0 Å². The van der Waals surface area contributed by atoms with Gasteiger partial charge < -0.3 is 0 Å². The number of hydrogen-bond acceptors (Lipinski definition) is 0. The van der Waals surface area contributed by atoms with E-state index in [1.165, 1.54) is 27.6 Å². The van der Waals surface area contributed by atoms with Crippen LogP contribution < -0.4 is 21.2 Å². The van der Waals surface area contributed by atoms with Gasteiger partial charge in [-0.3, -0.25) is 0 Å². The Kier molecular flexibility index (Phi) is 8.68. The first-order valence-corrected chi connectivity index (χ1v) is 17.1. The van der Waals surface area contributed by atoms with Crippen molar-refractivity contribution in [1.29, 1.82) is 0 Å². The molecule has 0 fully saturated rings. The molecule has 40 heavy (non-hydrogen) atoms. The van der Waals surface area contributed by atoms with Crippen LogP contribution in [-0.2, 0) is 0 Å². The minimum absolute atomic E-state index is 0.384. The molecular weight excluding hydrogens is 518 g/mol. The summed E-state index contributed by atoms with van der Waals surface area (Å²) in [5.41, 5.74) is 0.486. The quantitative estimate of drug-likeness (QED) is 0.173. The van der Waals surface area contributed by atoms with Gasteiger partial charge in [0.2, 0.25) is 0 Å². The molecule has 2 aliphatic carbocycles. The van der Waals surface area contributed by atoms with E-state index in [4.69, 9.17) is 0 Å². The van der Waals surface area contributed by atoms with Crippen molar-refractivity contribution in [3.63, 3.8) is 0 Å². The smallest absolute Gasteiger partial charge is 0.0105 e. The lowest BCUT2D eigenvalue weighted by atomic mass is 9.88. The molecule has 198 valence electrons. The van der Waals surface area contributed by atoms with E-state index >= 15 is 0 Å². The van der Waals surface area contributed by atoms with Crippen LogP contribution >= 0.6 is 15.8 Å². The third kappa shape index (κ3) is 5.90. The zero-order chi connectivity index (χ0) is 27.1. The summed E-state index contributed by atoms with van der Waals surface area (Å²) in [5, 5.41) is 7.40. The van der Waals surface area contributed by atoms with E-state index in [1.54, 1.807) is 5.31 Å². The molecule has 3 atom stereocenters. The fourth-order valence-corrected chi connectivity index (χ4v) is 12.0. The fraction of sp³-hybridized carbons (Fsp3) is 0.158. The molecule has 0 amide bonds. The van der Waals surface area contributed by atoms with Crippen LogP contribution in [0, 0.1) is 17.8 Å². The highest BCUT2D eigenvalue weighted by atomic mass is 31.1. The van der Waals surface area contributed by atoms with E-state index in [-0.39, 0.29) is 0 Å². The predicted octanol–water partition coefficient (Wildman–Crippen LogP) is 8.46. The largest absolute Gasteiger partial charge is 0.0774 e. The van der Waals surface area contributed by atoms with Crippen LogP contribution in [0.25, 0.3) is 0 Å². The Labute approximate surface area is 242 Å². The summed E-state index contributed by atoms with van der Waals surface area (Å²) in [5.74, 6) is 1.45. The predicted molar refractivity (Wildman–Crippen MR) is 178 cm³/mol. The average Bonchev–Trinajstić information content (AvgIpc) is 3.73. The molecule has 0 spiro atoms. The van der Waals surface area contributed by atoms with E-state index in [1.807, 2.05) is 0 Å². The minimum Gasteiger partial charge on any atom is -0.0774 e. The topological polar surface area (TPSA) is 0 Å². The number of rotatable bonds is 10. The van der Waals surface area contributed by atoms with Crippen LogP contribution in [0.2, 0.25) is 0 Å². The summed E-state index contributed by atoms with van der Waals surface area (Å²) < 4.78 is 0. The van der Waals surface area contributed by atoms with Gasteiger partial charge in [-0.15, -0.1) is 0 Å². The molecule has 0 heterocycles. The van der Waals surface area contributed by atoms with Crippen LogP contribution in [0.15, 0.2) is 169 Å². The van der Waals surface area contributed by atoms with Crippen LogP contribution in [-0.4, -0.2) is 5.66 Å². The van der Waals surface area contributed by atoms with E-state index in [0.29, 0.717) is 23.4 Å². The number of allylic oxidation sites excluding steroid dienone is 8. The van der Waals surface area contributed by atoms with Crippen LogP contribution in [0.5, 0.6) is 0 Å². The molecule has 0 N–H and O–H groups in total. The summed E-state index contributed by atoms with van der Waals surface area (Å²) in [6.07, 6.45) is 17.7. The summed E-state index contributed by atoms with van der Waals surface area (Å²) >= 11 is 0. The van der Waals surface area contributed by atoms with Crippen LogP contribution in [0.4, 0.5) is 0 Å². The van der Waals surface area contributed by atoms with Gasteiger partial charge >= 0.3 is 0 Å². The zero-order valence-corrected chi connectivity index (χ0v) is 24.8. The minimum atomic E-state index is -0.641. The summed E-state index contributed by atoms with van der Waals surface area (Å²) in [6, 6.07) is 45.0. The van der Waals surface area contributed by atoms with Crippen molar-refractivity contribution >= 4 is 37.1 Å². The molecule has 4 aromatic carbocycles. The molecule has 0 aliphatic heterocycles. The molecule has 6 rings (SSSR count). The third-order valence-corrected chi connectivity index (χ3v) is 13.6. The number of benzene rings is 4. The van der Waals surface area contributed by atoms with Crippen LogP contribution in [0.3, 0.4) is 0 Å². The molecule has 2 heteroatoms. The Balaban J connectivity index is 1.47. The second-order valence-corrected chi connectivity index (χ2v) is 15.3. The normalized spacial score (nSPS) is 18.0. The van der Waals surface area contributed by atoms with Crippen molar-refractivity contribution < 1.29 is 0 Å².